The molecule has 9 nitrogen and oxygen atoms in total. The van der Waals surface area contributed by atoms with E-state index in [-0.39, 0.29) is 17.5 Å². The molecule has 0 radical (unpaired) electrons. The number of nitrogens with one attached hydrogen (secondary N) is 1. The summed E-state index contributed by atoms with van der Waals surface area (Å²) < 4.78 is 8.47. The van der Waals surface area contributed by atoms with Gasteiger partial charge in [0.2, 0.25) is 0 Å². The van der Waals surface area contributed by atoms with Crippen molar-refractivity contribution in [2.24, 2.45) is 7.05 Å². The predicted octanol–water partition coefficient (Wildman–Crippen LogP) is 2.99. The van der Waals surface area contributed by atoms with Crippen molar-refractivity contribution in [3.05, 3.63) is 82.7 Å². The number of hydrogen-bond donors (Lipinski definition) is 1. The zero-order valence-corrected chi connectivity index (χ0v) is 19.1. The molecule has 9 heteroatoms. The van der Waals surface area contributed by atoms with Crippen molar-refractivity contribution in [3.8, 4) is 22.7 Å². The number of H-pyrrole nitrogens is 1. The Morgan fingerprint density at radius 3 is 2.50 bits per heavy atom. The smallest absolute Gasteiger partial charge is 0.350 e. The molecule has 1 N–H and O–H groups in total. The monoisotopic (exact) mass is 458 g/mol. The Kier molecular flexibility index (Phi) is 5.75. The predicted molar refractivity (Wildman–Crippen MR) is 127 cm³/mol. The highest BCUT2D eigenvalue weighted by atomic mass is 16.5. The molecule has 0 bridgehead atoms. The van der Waals surface area contributed by atoms with Crippen LogP contribution in [0.2, 0.25) is 0 Å². The van der Waals surface area contributed by atoms with Crippen LogP contribution in [0.1, 0.15) is 35.1 Å². The van der Waals surface area contributed by atoms with Crippen LogP contribution in [-0.2, 0) is 7.05 Å². The summed E-state index contributed by atoms with van der Waals surface area (Å²) in [6.45, 7) is 1.15. The largest absolute Gasteiger partial charge is 0.496 e. The van der Waals surface area contributed by atoms with E-state index in [1.807, 2.05) is 59.5 Å². The molecule has 0 unspecified atom stereocenters. The quantitative estimate of drug-likeness (QED) is 0.496. The summed E-state index contributed by atoms with van der Waals surface area (Å²) in [5.41, 5.74) is 2.57. The maximum absolute atomic E-state index is 13.1. The number of piperidine rings is 1. The van der Waals surface area contributed by atoms with Crippen LogP contribution in [0.25, 0.3) is 16.9 Å². The molecule has 5 rings (SSSR count). The lowest BCUT2D eigenvalue weighted by Crippen LogP contribution is -2.38. The molecule has 2 aromatic carbocycles. The first-order valence-electron chi connectivity index (χ1n) is 11.3. The van der Waals surface area contributed by atoms with Gasteiger partial charge in [0.15, 0.2) is 0 Å². The maximum Gasteiger partial charge on any atom is 0.350 e. The highest BCUT2D eigenvalue weighted by Crippen LogP contribution is 2.30. The van der Waals surface area contributed by atoms with E-state index in [0.717, 1.165) is 29.9 Å². The first-order chi connectivity index (χ1) is 16.6. The van der Waals surface area contributed by atoms with Crippen molar-refractivity contribution in [3.63, 3.8) is 0 Å². The summed E-state index contributed by atoms with van der Waals surface area (Å²) in [7, 11) is 3.28. The average Bonchev–Trinajstić information content (AvgIpc) is 3.49. The first kappa shape index (κ1) is 21.7. The van der Waals surface area contributed by atoms with Crippen molar-refractivity contribution < 1.29 is 9.53 Å². The van der Waals surface area contributed by atoms with Crippen LogP contribution in [-0.4, -0.2) is 55.6 Å². The SMILES string of the molecule is COc1ccccc1-c1cc(C(=O)N2CCC(c3nn(C)c(=O)n3-c3ccccc3)CC2)[nH]n1. The molecule has 1 fully saturated rings. The number of aromatic nitrogens is 5. The van der Waals surface area contributed by atoms with Crippen molar-refractivity contribution in [2.45, 2.75) is 18.8 Å². The van der Waals surface area contributed by atoms with Crippen molar-refractivity contribution >= 4 is 5.91 Å². The Morgan fingerprint density at radius 2 is 1.76 bits per heavy atom. The molecule has 3 heterocycles. The van der Waals surface area contributed by atoms with Crippen LogP contribution in [0.4, 0.5) is 0 Å². The summed E-state index contributed by atoms with van der Waals surface area (Å²) in [5.74, 6) is 1.44. The summed E-state index contributed by atoms with van der Waals surface area (Å²) in [6, 6.07) is 18.9. The molecule has 1 amide bonds. The van der Waals surface area contributed by atoms with E-state index >= 15 is 0 Å². The topological polar surface area (TPSA) is 98.0 Å². The maximum atomic E-state index is 13.1. The molecule has 34 heavy (non-hydrogen) atoms. The minimum atomic E-state index is -0.166. The Hall–Kier alpha value is -4.14. The van der Waals surface area contributed by atoms with Gasteiger partial charge in [-0.25, -0.2) is 14.0 Å². The zero-order chi connectivity index (χ0) is 23.7. The van der Waals surface area contributed by atoms with Crippen LogP contribution >= 0.6 is 0 Å². The highest BCUT2D eigenvalue weighted by Gasteiger charge is 2.30. The van der Waals surface area contributed by atoms with Gasteiger partial charge in [-0.1, -0.05) is 30.3 Å². The number of ether oxygens (including phenoxy) is 1. The molecule has 1 saturated heterocycles. The third-order valence-electron chi connectivity index (χ3n) is 6.30. The highest BCUT2D eigenvalue weighted by molar-refractivity contribution is 5.93. The van der Waals surface area contributed by atoms with E-state index in [9.17, 15) is 9.59 Å². The normalized spacial score (nSPS) is 14.4. The number of methoxy groups -OCH3 is 1. The van der Waals surface area contributed by atoms with E-state index < -0.39 is 0 Å². The number of aryl methyl sites for hydroxylation is 1. The number of para-hydroxylation sites is 2. The molecule has 0 spiro atoms. The van der Waals surface area contributed by atoms with Gasteiger partial charge in [0, 0.05) is 31.6 Å². The summed E-state index contributed by atoms with van der Waals surface area (Å²) in [5, 5.41) is 11.7. The number of benzene rings is 2. The summed E-state index contributed by atoms with van der Waals surface area (Å²) in [6.07, 6.45) is 1.45. The lowest BCUT2D eigenvalue weighted by molar-refractivity contribution is 0.0704. The van der Waals surface area contributed by atoms with E-state index in [1.165, 1.54) is 4.68 Å². The Labute approximate surface area is 196 Å². The molecular weight excluding hydrogens is 432 g/mol. The minimum absolute atomic E-state index is 0.0871. The van der Waals surface area contributed by atoms with Gasteiger partial charge in [-0.2, -0.15) is 10.2 Å². The third-order valence-corrected chi connectivity index (χ3v) is 6.30. The van der Waals surface area contributed by atoms with E-state index in [1.54, 1.807) is 24.8 Å². The lowest BCUT2D eigenvalue weighted by atomic mass is 9.95. The van der Waals surface area contributed by atoms with E-state index in [2.05, 4.69) is 15.3 Å². The molecule has 0 saturated carbocycles. The number of carbonyl (C=O) groups is 1. The third kappa shape index (κ3) is 3.89. The molecule has 1 aliphatic heterocycles. The van der Waals surface area contributed by atoms with Crippen molar-refractivity contribution in [2.75, 3.05) is 20.2 Å². The van der Waals surface area contributed by atoms with Crippen LogP contribution in [0, 0.1) is 0 Å². The fourth-order valence-electron chi connectivity index (χ4n) is 4.50. The van der Waals surface area contributed by atoms with Crippen LogP contribution in [0.5, 0.6) is 5.75 Å². The van der Waals surface area contributed by atoms with Crippen LogP contribution in [0.15, 0.2) is 65.5 Å². The van der Waals surface area contributed by atoms with Gasteiger partial charge in [0.05, 0.1) is 18.5 Å². The molecule has 1 aliphatic rings. The number of amides is 1. The molecular formula is C25H26N6O3. The first-order valence-corrected chi connectivity index (χ1v) is 11.3. The second kappa shape index (κ2) is 9.01. The second-order valence-corrected chi connectivity index (χ2v) is 8.37. The van der Waals surface area contributed by atoms with E-state index in [0.29, 0.717) is 30.2 Å². The van der Waals surface area contributed by atoms with Crippen molar-refractivity contribution in [1.82, 2.24) is 29.4 Å². The number of nitrogens with zero attached hydrogens (tertiary/aromatic N) is 5. The van der Waals surface area contributed by atoms with Gasteiger partial charge in [-0.3, -0.25) is 9.89 Å². The van der Waals surface area contributed by atoms with Gasteiger partial charge < -0.3 is 9.64 Å². The summed E-state index contributed by atoms with van der Waals surface area (Å²) in [4.78, 5) is 27.7. The fourth-order valence-corrected chi connectivity index (χ4v) is 4.50. The number of hydrogen-bond acceptors (Lipinski definition) is 5. The number of aromatic amines is 1. The van der Waals surface area contributed by atoms with Gasteiger partial charge >= 0.3 is 5.69 Å². The Balaban J connectivity index is 1.31. The summed E-state index contributed by atoms with van der Waals surface area (Å²) >= 11 is 0. The van der Waals surface area contributed by atoms with Crippen LogP contribution in [0.3, 0.4) is 0 Å². The van der Waals surface area contributed by atoms with E-state index in [4.69, 9.17) is 4.74 Å². The van der Waals surface area contributed by atoms with Gasteiger partial charge in [-0.15, -0.1) is 0 Å². The Morgan fingerprint density at radius 1 is 1.06 bits per heavy atom. The van der Waals surface area contributed by atoms with Gasteiger partial charge in [0.25, 0.3) is 5.91 Å². The number of likely N-dealkylation sites (tertiary alicyclic amines) is 1. The Bertz CT molecular complexity index is 1360. The second-order valence-electron chi connectivity index (χ2n) is 8.37. The van der Waals surface area contributed by atoms with Gasteiger partial charge in [-0.05, 0) is 43.2 Å². The van der Waals surface area contributed by atoms with Gasteiger partial charge in [0.1, 0.15) is 17.3 Å². The molecule has 0 atom stereocenters. The molecule has 2 aromatic heterocycles. The minimum Gasteiger partial charge on any atom is -0.496 e. The van der Waals surface area contributed by atoms with Crippen LogP contribution < -0.4 is 10.4 Å². The lowest BCUT2D eigenvalue weighted by Gasteiger charge is -2.31. The fraction of sp³-hybridized carbons (Fsp3) is 0.280. The number of rotatable bonds is 5. The zero-order valence-electron chi connectivity index (χ0n) is 19.1. The van der Waals surface area contributed by atoms with Crippen molar-refractivity contribution in [1.29, 1.82) is 0 Å². The standard InChI is InChI=1S/C25H26N6O3/c1-29-25(33)31(18-8-4-3-5-9-18)23(28-29)17-12-14-30(15-13-17)24(32)21-16-20(26-27-21)19-10-6-7-11-22(19)34-2/h3-11,16-17H,12-15H2,1-2H3,(H,26,27). The molecule has 174 valence electrons. The molecule has 4 aromatic rings. The molecule has 0 aliphatic carbocycles. The average molecular weight is 459 g/mol. The number of carbonyl (C=O) groups excluding carboxylic acids is 1.